The van der Waals surface area contributed by atoms with Gasteiger partial charge in [-0.3, -0.25) is 0 Å². The Bertz CT molecular complexity index is 748. The molecule has 0 aliphatic rings. The van der Waals surface area contributed by atoms with Gasteiger partial charge in [0, 0.05) is 15.8 Å². The van der Waals surface area contributed by atoms with E-state index in [0.29, 0.717) is 17.4 Å². The molecule has 2 heterocycles. The van der Waals surface area contributed by atoms with Crippen molar-refractivity contribution < 1.29 is 9.53 Å². The minimum Gasteiger partial charge on any atom is -0.461 e. The number of aromatic nitrogens is 1. The van der Waals surface area contributed by atoms with Crippen LogP contribution in [0.1, 0.15) is 17.4 Å². The molecule has 102 valence electrons. The molecule has 3 rings (SSSR count). The maximum Gasteiger partial charge on any atom is 0.357 e. The van der Waals surface area contributed by atoms with Gasteiger partial charge in [0.05, 0.1) is 6.61 Å². The van der Waals surface area contributed by atoms with Crippen LogP contribution in [0.15, 0.2) is 35.0 Å². The number of benzene rings is 1. The second-order valence-corrected chi connectivity index (χ2v) is 5.86. The molecule has 1 aromatic carbocycles. The summed E-state index contributed by atoms with van der Waals surface area (Å²) < 4.78 is 6.17. The molecule has 3 aromatic rings. The molecule has 2 aromatic heterocycles. The lowest BCUT2D eigenvalue weighted by molar-refractivity contribution is 0.0520. The molecule has 4 nitrogen and oxygen atoms in total. The van der Waals surface area contributed by atoms with E-state index in [2.05, 4.69) is 33.9 Å². The number of nitrogens with one attached hydrogen (secondary N) is 1. The van der Waals surface area contributed by atoms with Crippen LogP contribution in [0.25, 0.3) is 10.1 Å². The monoisotopic (exact) mass is 304 g/mol. The zero-order valence-corrected chi connectivity index (χ0v) is 12.4. The summed E-state index contributed by atoms with van der Waals surface area (Å²) in [6.45, 7) is 2.13. The summed E-state index contributed by atoms with van der Waals surface area (Å²) in [6.07, 6.45) is 0. The third kappa shape index (κ3) is 2.66. The van der Waals surface area contributed by atoms with Crippen molar-refractivity contribution in [3.8, 4) is 0 Å². The maximum atomic E-state index is 11.5. The molecule has 6 heteroatoms. The zero-order chi connectivity index (χ0) is 13.9. The number of carbonyl (C=O) groups is 1. The number of fused-ring (bicyclic) bond motifs is 1. The van der Waals surface area contributed by atoms with Crippen molar-refractivity contribution in [3.63, 3.8) is 0 Å². The number of thiophene rings is 1. The number of anilines is 2. The van der Waals surface area contributed by atoms with E-state index in [1.807, 2.05) is 6.07 Å². The lowest BCUT2D eigenvalue weighted by Crippen LogP contribution is -2.04. The van der Waals surface area contributed by atoms with E-state index in [9.17, 15) is 4.79 Å². The Morgan fingerprint density at radius 3 is 3.10 bits per heavy atom. The summed E-state index contributed by atoms with van der Waals surface area (Å²) in [4.78, 5) is 15.8. The molecular weight excluding hydrogens is 292 g/mol. The van der Waals surface area contributed by atoms with Gasteiger partial charge in [-0.1, -0.05) is 0 Å². The van der Waals surface area contributed by atoms with Crippen molar-refractivity contribution >= 4 is 49.5 Å². The molecule has 20 heavy (non-hydrogen) atoms. The van der Waals surface area contributed by atoms with Gasteiger partial charge >= 0.3 is 5.97 Å². The van der Waals surface area contributed by atoms with Crippen LogP contribution in [0.3, 0.4) is 0 Å². The number of rotatable bonds is 4. The summed E-state index contributed by atoms with van der Waals surface area (Å²) in [5.74, 6) is -0.384. The normalized spacial score (nSPS) is 10.7. The molecule has 0 amide bonds. The number of ether oxygens (including phenoxy) is 1. The van der Waals surface area contributed by atoms with Crippen LogP contribution >= 0.6 is 22.7 Å². The van der Waals surface area contributed by atoms with E-state index in [4.69, 9.17) is 4.74 Å². The summed E-state index contributed by atoms with van der Waals surface area (Å²) in [5, 5.41) is 8.85. The number of thiazole rings is 1. The average Bonchev–Trinajstić information content (AvgIpc) is 3.07. The summed E-state index contributed by atoms with van der Waals surface area (Å²) in [6, 6.07) is 8.22. The second kappa shape index (κ2) is 5.60. The van der Waals surface area contributed by atoms with Gasteiger partial charge in [0.15, 0.2) is 10.8 Å². The molecule has 0 aliphatic carbocycles. The van der Waals surface area contributed by atoms with E-state index in [-0.39, 0.29) is 5.97 Å². The van der Waals surface area contributed by atoms with Crippen molar-refractivity contribution in [1.82, 2.24) is 4.98 Å². The lowest BCUT2D eigenvalue weighted by atomic mass is 10.2. The molecular formula is C14H12N2O2S2. The number of hydrogen-bond acceptors (Lipinski definition) is 6. The van der Waals surface area contributed by atoms with Crippen LogP contribution in [-0.4, -0.2) is 17.6 Å². The zero-order valence-electron chi connectivity index (χ0n) is 10.8. The van der Waals surface area contributed by atoms with Gasteiger partial charge in [0.2, 0.25) is 0 Å². The summed E-state index contributed by atoms with van der Waals surface area (Å²) in [5.41, 5.74) is 1.30. The van der Waals surface area contributed by atoms with Crippen LogP contribution in [0.4, 0.5) is 10.8 Å². The second-order valence-electron chi connectivity index (χ2n) is 4.06. The highest BCUT2D eigenvalue weighted by Gasteiger charge is 2.11. The fourth-order valence-corrected chi connectivity index (χ4v) is 3.27. The van der Waals surface area contributed by atoms with Gasteiger partial charge in [-0.05, 0) is 42.0 Å². The average molecular weight is 304 g/mol. The summed E-state index contributed by atoms with van der Waals surface area (Å²) >= 11 is 3.10. The Morgan fingerprint density at radius 1 is 1.35 bits per heavy atom. The third-order valence-corrected chi connectivity index (χ3v) is 4.35. The van der Waals surface area contributed by atoms with E-state index < -0.39 is 0 Å². The minimum absolute atomic E-state index is 0.343. The number of hydrogen-bond donors (Lipinski definition) is 1. The Labute approximate surface area is 124 Å². The molecule has 0 aliphatic heterocycles. The van der Waals surface area contributed by atoms with Gasteiger partial charge < -0.3 is 10.1 Å². The van der Waals surface area contributed by atoms with Crippen molar-refractivity contribution in [2.45, 2.75) is 6.92 Å². The Kier molecular flexibility index (Phi) is 3.66. The van der Waals surface area contributed by atoms with Gasteiger partial charge in [0.1, 0.15) is 0 Å². The van der Waals surface area contributed by atoms with E-state index in [0.717, 1.165) is 5.69 Å². The van der Waals surface area contributed by atoms with E-state index in [1.165, 1.54) is 21.4 Å². The van der Waals surface area contributed by atoms with Crippen molar-refractivity contribution in [3.05, 3.63) is 40.7 Å². The molecule has 0 atom stereocenters. The van der Waals surface area contributed by atoms with Crippen molar-refractivity contribution in [2.24, 2.45) is 0 Å². The first-order chi connectivity index (χ1) is 9.76. The molecule has 0 spiro atoms. The van der Waals surface area contributed by atoms with Gasteiger partial charge in [0.25, 0.3) is 0 Å². The van der Waals surface area contributed by atoms with Crippen LogP contribution in [-0.2, 0) is 4.74 Å². The van der Waals surface area contributed by atoms with Crippen LogP contribution in [0.2, 0.25) is 0 Å². The first-order valence-electron chi connectivity index (χ1n) is 6.13. The quantitative estimate of drug-likeness (QED) is 0.731. The number of esters is 1. The van der Waals surface area contributed by atoms with E-state index in [1.54, 1.807) is 23.6 Å². The van der Waals surface area contributed by atoms with Gasteiger partial charge in [-0.15, -0.1) is 22.7 Å². The minimum atomic E-state index is -0.384. The van der Waals surface area contributed by atoms with Crippen molar-refractivity contribution in [2.75, 3.05) is 11.9 Å². The van der Waals surface area contributed by atoms with E-state index >= 15 is 0 Å². The van der Waals surface area contributed by atoms with Crippen LogP contribution in [0, 0.1) is 0 Å². The molecule has 0 bridgehead atoms. The number of nitrogens with zero attached hydrogens (tertiary/aromatic N) is 1. The lowest BCUT2D eigenvalue weighted by Gasteiger charge is -2.02. The molecule has 0 fully saturated rings. The predicted molar refractivity (Wildman–Crippen MR) is 83.2 cm³/mol. The first kappa shape index (κ1) is 13.1. The fraction of sp³-hybridized carbons (Fsp3) is 0.143. The molecule has 0 radical (unpaired) electrons. The third-order valence-electron chi connectivity index (χ3n) is 2.69. The highest BCUT2D eigenvalue weighted by molar-refractivity contribution is 7.17. The molecule has 1 N–H and O–H groups in total. The standard InChI is InChI=1S/C14H12N2O2S2/c1-2-18-13(17)11-8-20-14(16-11)15-10-3-4-12-9(7-10)5-6-19-12/h3-8H,2H2,1H3,(H,15,16). The smallest absolute Gasteiger partial charge is 0.357 e. The highest BCUT2D eigenvalue weighted by atomic mass is 32.1. The Hall–Kier alpha value is -1.92. The largest absolute Gasteiger partial charge is 0.461 e. The maximum absolute atomic E-state index is 11.5. The van der Waals surface area contributed by atoms with Crippen molar-refractivity contribution in [1.29, 1.82) is 0 Å². The van der Waals surface area contributed by atoms with Gasteiger partial charge in [-0.25, -0.2) is 9.78 Å². The fourth-order valence-electron chi connectivity index (χ4n) is 1.80. The summed E-state index contributed by atoms with van der Waals surface area (Å²) in [7, 11) is 0. The Morgan fingerprint density at radius 2 is 2.25 bits per heavy atom. The SMILES string of the molecule is CCOC(=O)c1csc(Nc2ccc3sccc3c2)n1. The predicted octanol–water partition coefficient (Wildman–Crippen LogP) is 4.28. The highest BCUT2D eigenvalue weighted by Crippen LogP contribution is 2.27. The van der Waals surface area contributed by atoms with Crippen LogP contribution < -0.4 is 5.32 Å². The topological polar surface area (TPSA) is 51.2 Å². The number of carbonyl (C=O) groups excluding carboxylic acids is 1. The molecule has 0 saturated heterocycles. The molecule has 0 saturated carbocycles. The Balaban J connectivity index is 1.78. The molecule has 0 unspecified atom stereocenters. The van der Waals surface area contributed by atoms with Crippen LogP contribution in [0.5, 0.6) is 0 Å². The first-order valence-corrected chi connectivity index (χ1v) is 7.89. The van der Waals surface area contributed by atoms with Gasteiger partial charge in [-0.2, -0.15) is 0 Å².